The number of aromatic carboxylic acids is 1. The van der Waals surface area contributed by atoms with Crippen LogP contribution in [-0.4, -0.2) is 22.1 Å². The average molecular weight is 309 g/mol. The summed E-state index contributed by atoms with van der Waals surface area (Å²) in [6.45, 7) is 3.38. The van der Waals surface area contributed by atoms with Gasteiger partial charge < -0.3 is 15.5 Å². The normalized spacial score (nSPS) is 10.4. The van der Waals surface area contributed by atoms with E-state index in [0.29, 0.717) is 5.56 Å². The Morgan fingerprint density at radius 3 is 2.57 bits per heavy atom. The van der Waals surface area contributed by atoms with E-state index in [0.717, 1.165) is 34.4 Å². The zero-order valence-corrected chi connectivity index (χ0v) is 12.0. The number of carboxylic acid groups (broad SMARTS) is 1. The number of carboxylic acids is 1. The van der Waals surface area contributed by atoms with Crippen LogP contribution < -0.4 is 5.32 Å². The van der Waals surface area contributed by atoms with Gasteiger partial charge in [-0.05, 0) is 37.6 Å². The summed E-state index contributed by atoms with van der Waals surface area (Å²) in [4.78, 5) is 24.1. The molecule has 0 fully saturated rings. The van der Waals surface area contributed by atoms with E-state index in [1.54, 1.807) is 13.8 Å². The maximum absolute atomic E-state index is 13.1. The van der Waals surface area contributed by atoms with E-state index in [-0.39, 0.29) is 21.9 Å². The van der Waals surface area contributed by atoms with Crippen molar-refractivity contribution in [2.75, 3.05) is 5.32 Å². The quantitative estimate of drug-likeness (QED) is 0.813. The number of hydrogen-bond acceptors (Lipinski definition) is 4. The third kappa shape index (κ3) is 2.87. The lowest BCUT2D eigenvalue weighted by atomic mass is 10.1. The van der Waals surface area contributed by atoms with Gasteiger partial charge in [0.15, 0.2) is 0 Å². The van der Waals surface area contributed by atoms with Crippen LogP contribution in [-0.2, 0) is 0 Å². The standard InChI is InChI=1S/C14H12FNO4S/c1-6-7(2)21-13(11(6)14(19)20)16-12(18)9-5-8(15)3-4-10(9)17/h3-5,17H,1-2H3,(H,16,18)(H,19,20). The third-order valence-electron chi connectivity index (χ3n) is 3.03. The average Bonchev–Trinajstić information content (AvgIpc) is 2.67. The Labute approximate surface area is 123 Å². The third-order valence-corrected chi connectivity index (χ3v) is 4.15. The van der Waals surface area contributed by atoms with Crippen molar-refractivity contribution in [3.63, 3.8) is 0 Å². The molecule has 0 spiro atoms. The molecule has 0 aliphatic heterocycles. The van der Waals surface area contributed by atoms with Crippen molar-refractivity contribution in [3.05, 3.63) is 45.6 Å². The number of halogens is 1. The summed E-state index contributed by atoms with van der Waals surface area (Å²) in [5.74, 6) is -2.97. The van der Waals surface area contributed by atoms with Gasteiger partial charge in [-0.2, -0.15) is 0 Å². The number of amides is 1. The molecule has 0 unspecified atom stereocenters. The highest BCUT2D eigenvalue weighted by molar-refractivity contribution is 7.16. The molecule has 7 heteroatoms. The summed E-state index contributed by atoms with van der Waals surface area (Å²) >= 11 is 1.11. The van der Waals surface area contributed by atoms with Crippen LogP contribution in [0, 0.1) is 19.7 Å². The molecule has 1 aromatic carbocycles. The minimum atomic E-state index is -1.16. The maximum atomic E-state index is 13.1. The van der Waals surface area contributed by atoms with Crippen LogP contribution in [0.4, 0.5) is 9.39 Å². The maximum Gasteiger partial charge on any atom is 0.338 e. The Kier molecular flexibility index (Phi) is 3.95. The highest BCUT2D eigenvalue weighted by Crippen LogP contribution is 2.33. The molecule has 0 saturated heterocycles. The van der Waals surface area contributed by atoms with Gasteiger partial charge in [0.25, 0.3) is 5.91 Å². The number of benzene rings is 1. The van der Waals surface area contributed by atoms with Crippen molar-refractivity contribution in [2.24, 2.45) is 0 Å². The number of aromatic hydroxyl groups is 1. The second kappa shape index (κ2) is 5.53. The van der Waals surface area contributed by atoms with Gasteiger partial charge >= 0.3 is 5.97 Å². The summed E-state index contributed by atoms with van der Waals surface area (Å²) < 4.78 is 13.1. The number of thiophene rings is 1. The summed E-state index contributed by atoms with van der Waals surface area (Å²) in [5.41, 5.74) is 0.308. The number of hydrogen-bond donors (Lipinski definition) is 3. The topological polar surface area (TPSA) is 86.6 Å². The zero-order chi connectivity index (χ0) is 15.7. The molecule has 0 aliphatic rings. The number of carbonyl (C=O) groups excluding carboxylic acids is 1. The van der Waals surface area contributed by atoms with Crippen LogP contribution in [0.1, 0.15) is 31.2 Å². The SMILES string of the molecule is Cc1sc(NC(=O)c2cc(F)ccc2O)c(C(=O)O)c1C. The van der Waals surface area contributed by atoms with Crippen molar-refractivity contribution in [1.82, 2.24) is 0 Å². The van der Waals surface area contributed by atoms with Crippen molar-refractivity contribution in [3.8, 4) is 5.75 Å². The minimum Gasteiger partial charge on any atom is -0.507 e. The van der Waals surface area contributed by atoms with Gasteiger partial charge in [0.1, 0.15) is 16.6 Å². The zero-order valence-electron chi connectivity index (χ0n) is 11.2. The lowest BCUT2D eigenvalue weighted by Gasteiger charge is -2.06. The summed E-state index contributed by atoms with van der Waals surface area (Å²) in [6, 6.07) is 2.97. The molecule has 0 saturated carbocycles. The van der Waals surface area contributed by atoms with E-state index in [4.69, 9.17) is 0 Å². The molecule has 0 bridgehead atoms. The van der Waals surface area contributed by atoms with E-state index in [2.05, 4.69) is 5.32 Å². The fraction of sp³-hybridized carbons (Fsp3) is 0.143. The Balaban J connectivity index is 2.38. The van der Waals surface area contributed by atoms with Crippen LogP contribution in [0.25, 0.3) is 0 Å². The van der Waals surface area contributed by atoms with Gasteiger partial charge in [-0.15, -0.1) is 11.3 Å². The first-order valence-corrected chi connectivity index (χ1v) is 6.76. The van der Waals surface area contributed by atoms with Crippen molar-refractivity contribution >= 4 is 28.2 Å². The second-order valence-corrected chi connectivity index (χ2v) is 5.63. The van der Waals surface area contributed by atoms with Crippen LogP contribution in [0.2, 0.25) is 0 Å². The van der Waals surface area contributed by atoms with E-state index in [9.17, 15) is 24.2 Å². The van der Waals surface area contributed by atoms with Gasteiger partial charge in [0.2, 0.25) is 0 Å². The number of carbonyl (C=O) groups is 2. The van der Waals surface area contributed by atoms with E-state index in [1.165, 1.54) is 0 Å². The van der Waals surface area contributed by atoms with Crippen LogP contribution in [0.5, 0.6) is 5.75 Å². The Morgan fingerprint density at radius 1 is 1.29 bits per heavy atom. The minimum absolute atomic E-state index is 0.00161. The Morgan fingerprint density at radius 2 is 1.95 bits per heavy atom. The Bertz CT molecular complexity index is 739. The fourth-order valence-electron chi connectivity index (χ4n) is 1.83. The molecule has 5 nitrogen and oxygen atoms in total. The highest BCUT2D eigenvalue weighted by atomic mass is 32.1. The molecule has 0 aliphatic carbocycles. The first kappa shape index (κ1) is 15.0. The number of rotatable bonds is 3. The fourth-order valence-corrected chi connectivity index (χ4v) is 2.88. The summed E-state index contributed by atoms with van der Waals surface area (Å²) in [5, 5.41) is 21.3. The number of aryl methyl sites for hydroxylation is 1. The van der Waals surface area contributed by atoms with E-state index < -0.39 is 17.7 Å². The number of phenols is 1. The van der Waals surface area contributed by atoms with Gasteiger partial charge in [-0.1, -0.05) is 0 Å². The van der Waals surface area contributed by atoms with Gasteiger partial charge in [-0.25, -0.2) is 9.18 Å². The molecule has 0 atom stereocenters. The molecule has 1 heterocycles. The monoisotopic (exact) mass is 309 g/mol. The molecule has 1 aromatic heterocycles. The van der Waals surface area contributed by atoms with Crippen molar-refractivity contribution in [1.29, 1.82) is 0 Å². The lowest BCUT2D eigenvalue weighted by Crippen LogP contribution is -2.14. The molecule has 2 aromatic rings. The lowest BCUT2D eigenvalue weighted by molar-refractivity contribution is 0.0697. The molecule has 2 rings (SSSR count). The molecule has 110 valence electrons. The molecule has 1 amide bonds. The molecular weight excluding hydrogens is 297 g/mol. The second-order valence-electron chi connectivity index (χ2n) is 4.41. The van der Waals surface area contributed by atoms with Crippen LogP contribution >= 0.6 is 11.3 Å². The molecular formula is C14H12FNO4S. The van der Waals surface area contributed by atoms with E-state index >= 15 is 0 Å². The first-order valence-electron chi connectivity index (χ1n) is 5.94. The van der Waals surface area contributed by atoms with Gasteiger partial charge in [0.05, 0.1) is 11.1 Å². The Hall–Kier alpha value is -2.41. The largest absolute Gasteiger partial charge is 0.507 e. The van der Waals surface area contributed by atoms with Crippen molar-refractivity contribution in [2.45, 2.75) is 13.8 Å². The molecule has 0 radical (unpaired) electrons. The number of phenolic OH excluding ortho intramolecular Hbond substituents is 1. The van der Waals surface area contributed by atoms with Crippen LogP contribution in [0.15, 0.2) is 18.2 Å². The van der Waals surface area contributed by atoms with Gasteiger partial charge in [0, 0.05) is 4.88 Å². The summed E-state index contributed by atoms with van der Waals surface area (Å²) in [7, 11) is 0. The summed E-state index contributed by atoms with van der Waals surface area (Å²) in [6.07, 6.45) is 0. The van der Waals surface area contributed by atoms with E-state index in [1.807, 2.05) is 0 Å². The smallest absolute Gasteiger partial charge is 0.338 e. The number of anilines is 1. The first-order chi connectivity index (χ1) is 9.81. The van der Waals surface area contributed by atoms with Crippen molar-refractivity contribution < 1.29 is 24.2 Å². The number of nitrogens with one attached hydrogen (secondary N) is 1. The van der Waals surface area contributed by atoms with Gasteiger partial charge in [-0.3, -0.25) is 4.79 Å². The highest BCUT2D eigenvalue weighted by Gasteiger charge is 2.22. The predicted octanol–water partition coefficient (Wildman–Crippen LogP) is 3.16. The van der Waals surface area contributed by atoms with Crippen LogP contribution in [0.3, 0.4) is 0 Å². The predicted molar refractivity (Wildman–Crippen MR) is 76.8 cm³/mol. The molecule has 21 heavy (non-hydrogen) atoms. The molecule has 3 N–H and O–H groups in total.